The van der Waals surface area contributed by atoms with Crippen LogP contribution in [0.25, 0.3) is 0 Å². The van der Waals surface area contributed by atoms with Gasteiger partial charge in [0.15, 0.2) is 0 Å². The van der Waals surface area contributed by atoms with Crippen molar-refractivity contribution in [2.45, 2.75) is 174 Å². The van der Waals surface area contributed by atoms with E-state index in [2.05, 4.69) is 26.0 Å². The molecule has 0 N–H and O–H groups in total. The lowest BCUT2D eigenvalue weighted by Crippen LogP contribution is -2.05. The number of carbonyl (C=O) groups is 1. The maximum atomic E-state index is 11.8. The van der Waals surface area contributed by atoms with Crippen LogP contribution in [0.15, 0.2) is 12.2 Å². The molecule has 33 heavy (non-hydrogen) atoms. The molecule has 0 radical (unpaired) electrons. The van der Waals surface area contributed by atoms with E-state index in [0.29, 0.717) is 13.0 Å². The van der Waals surface area contributed by atoms with Crippen molar-refractivity contribution in [1.82, 2.24) is 0 Å². The minimum absolute atomic E-state index is 0.0136. The fraction of sp³-hybridized carbons (Fsp3) is 0.903. The van der Waals surface area contributed by atoms with Gasteiger partial charge in [-0.15, -0.1) is 0 Å². The van der Waals surface area contributed by atoms with Gasteiger partial charge in [0.2, 0.25) is 0 Å². The Hall–Kier alpha value is -0.790. The van der Waals surface area contributed by atoms with Crippen LogP contribution >= 0.6 is 0 Å². The minimum atomic E-state index is 0.0136. The van der Waals surface area contributed by atoms with Gasteiger partial charge in [-0.05, 0) is 38.5 Å². The Morgan fingerprint density at radius 3 is 1.30 bits per heavy atom. The molecule has 0 saturated heterocycles. The lowest BCUT2D eigenvalue weighted by Gasteiger charge is -2.05. The van der Waals surface area contributed by atoms with E-state index in [1.807, 2.05) is 0 Å². The summed E-state index contributed by atoms with van der Waals surface area (Å²) in [5, 5.41) is 0. The molecule has 0 aromatic rings. The van der Waals surface area contributed by atoms with E-state index in [4.69, 9.17) is 4.74 Å². The van der Waals surface area contributed by atoms with Gasteiger partial charge in [0, 0.05) is 6.42 Å². The molecular formula is C31H60O2. The van der Waals surface area contributed by atoms with Gasteiger partial charge in [-0.3, -0.25) is 4.79 Å². The normalized spacial score (nSPS) is 11.5. The molecule has 0 aliphatic rings. The van der Waals surface area contributed by atoms with Crippen molar-refractivity contribution in [3.8, 4) is 0 Å². The van der Waals surface area contributed by atoms with Crippen molar-refractivity contribution >= 4 is 5.97 Å². The Morgan fingerprint density at radius 1 is 0.485 bits per heavy atom. The first-order valence-corrected chi connectivity index (χ1v) is 15.1. The molecule has 0 heterocycles. The predicted octanol–water partition coefficient (Wildman–Crippen LogP) is 10.9. The average Bonchev–Trinajstić information content (AvgIpc) is 2.82. The fourth-order valence-corrected chi connectivity index (χ4v) is 4.36. The topological polar surface area (TPSA) is 26.3 Å². The molecule has 0 amide bonds. The summed E-state index contributed by atoms with van der Waals surface area (Å²) in [4.78, 5) is 11.8. The first-order valence-electron chi connectivity index (χ1n) is 15.1. The number of rotatable bonds is 27. The maximum absolute atomic E-state index is 11.8. The highest BCUT2D eigenvalue weighted by atomic mass is 16.5. The Balaban J connectivity index is 3.19. The van der Waals surface area contributed by atoms with E-state index in [1.165, 1.54) is 135 Å². The highest BCUT2D eigenvalue weighted by Crippen LogP contribution is 2.12. The molecule has 0 aromatic heterocycles. The number of hydrogen-bond acceptors (Lipinski definition) is 2. The first-order chi connectivity index (χ1) is 16.3. The third-order valence-electron chi connectivity index (χ3n) is 6.65. The van der Waals surface area contributed by atoms with E-state index in [0.717, 1.165) is 19.3 Å². The molecule has 0 rings (SSSR count). The first kappa shape index (κ1) is 32.2. The standard InChI is InChI=1S/C31H60O2/c1-3-5-7-9-11-13-15-16-17-18-19-21-23-25-27-29-31(32)33-30-28-26-24-22-20-14-12-10-8-6-4-2/h16-17H,3-15,18-30H2,1-2H3/b17-16-. The Bertz CT molecular complexity index is 402. The van der Waals surface area contributed by atoms with E-state index in [9.17, 15) is 4.79 Å². The van der Waals surface area contributed by atoms with Crippen LogP contribution in [0.3, 0.4) is 0 Å². The smallest absolute Gasteiger partial charge is 0.305 e. The molecule has 2 heteroatoms. The molecule has 196 valence electrons. The Kier molecular flexibility index (Phi) is 28.5. The molecule has 0 aliphatic carbocycles. The van der Waals surface area contributed by atoms with E-state index in [1.54, 1.807) is 0 Å². The van der Waals surface area contributed by atoms with Crippen LogP contribution < -0.4 is 0 Å². The SMILES string of the molecule is CCCCCCCC/C=C\CCCCCCCC(=O)OCCCCCCCCCCCCC. The van der Waals surface area contributed by atoms with Crippen LogP contribution in [0.4, 0.5) is 0 Å². The second-order valence-electron chi connectivity index (χ2n) is 10.1. The number of carbonyl (C=O) groups excluding carboxylic acids is 1. The molecule has 0 aliphatic heterocycles. The van der Waals surface area contributed by atoms with Crippen molar-refractivity contribution < 1.29 is 9.53 Å². The zero-order valence-corrected chi connectivity index (χ0v) is 22.9. The van der Waals surface area contributed by atoms with Crippen molar-refractivity contribution in [3.63, 3.8) is 0 Å². The van der Waals surface area contributed by atoms with Gasteiger partial charge in [0.1, 0.15) is 0 Å². The van der Waals surface area contributed by atoms with Crippen molar-refractivity contribution in [2.75, 3.05) is 6.61 Å². The summed E-state index contributed by atoms with van der Waals surface area (Å²) in [6.45, 7) is 5.18. The molecule has 0 fully saturated rings. The highest BCUT2D eigenvalue weighted by molar-refractivity contribution is 5.69. The summed E-state index contributed by atoms with van der Waals surface area (Å²) in [5.41, 5.74) is 0. The highest BCUT2D eigenvalue weighted by Gasteiger charge is 2.02. The Labute approximate surface area is 208 Å². The molecule has 0 bridgehead atoms. The predicted molar refractivity (Wildman–Crippen MR) is 147 cm³/mol. The summed E-state index contributed by atoms with van der Waals surface area (Å²) >= 11 is 0. The zero-order valence-electron chi connectivity index (χ0n) is 22.9. The lowest BCUT2D eigenvalue weighted by atomic mass is 10.1. The molecule has 0 atom stereocenters. The maximum Gasteiger partial charge on any atom is 0.305 e. The van der Waals surface area contributed by atoms with Crippen LogP contribution in [0.2, 0.25) is 0 Å². The van der Waals surface area contributed by atoms with Gasteiger partial charge in [0.25, 0.3) is 0 Å². The molecular weight excluding hydrogens is 404 g/mol. The van der Waals surface area contributed by atoms with Crippen LogP contribution in [0.5, 0.6) is 0 Å². The number of allylic oxidation sites excluding steroid dienone is 2. The van der Waals surface area contributed by atoms with Crippen LogP contribution in [-0.4, -0.2) is 12.6 Å². The third-order valence-corrected chi connectivity index (χ3v) is 6.65. The molecule has 0 aromatic carbocycles. The van der Waals surface area contributed by atoms with E-state index < -0.39 is 0 Å². The quantitative estimate of drug-likeness (QED) is 0.0686. The zero-order chi connectivity index (χ0) is 24.1. The molecule has 2 nitrogen and oxygen atoms in total. The van der Waals surface area contributed by atoms with Gasteiger partial charge >= 0.3 is 5.97 Å². The van der Waals surface area contributed by atoms with E-state index >= 15 is 0 Å². The number of unbranched alkanes of at least 4 members (excludes halogenated alkanes) is 21. The molecule has 0 spiro atoms. The van der Waals surface area contributed by atoms with Crippen molar-refractivity contribution in [3.05, 3.63) is 12.2 Å². The summed E-state index contributed by atoms with van der Waals surface area (Å²) < 4.78 is 5.40. The number of ether oxygens (including phenoxy) is 1. The van der Waals surface area contributed by atoms with Crippen molar-refractivity contribution in [2.24, 2.45) is 0 Å². The summed E-state index contributed by atoms with van der Waals surface area (Å²) in [6.07, 6.45) is 36.8. The van der Waals surface area contributed by atoms with Gasteiger partial charge in [0.05, 0.1) is 6.61 Å². The van der Waals surface area contributed by atoms with Crippen molar-refractivity contribution in [1.29, 1.82) is 0 Å². The monoisotopic (exact) mass is 464 g/mol. The second kappa shape index (κ2) is 29.2. The van der Waals surface area contributed by atoms with E-state index in [-0.39, 0.29) is 5.97 Å². The Morgan fingerprint density at radius 2 is 0.848 bits per heavy atom. The van der Waals surface area contributed by atoms with Gasteiger partial charge in [-0.2, -0.15) is 0 Å². The summed E-state index contributed by atoms with van der Waals surface area (Å²) in [7, 11) is 0. The average molecular weight is 465 g/mol. The van der Waals surface area contributed by atoms with Gasteiger partial charge in [-0.1, -0.05) is 142 Å². The molecule has 0 saturated carbocycles. The number of esters is 1. The minimum Gasteiger partial charge on any atom is -0.466 e. The largest absolute Gasteiger partial charge is 0.466 e. The second-order valence-corrected chi connectivity index (χ2v) is 10.1. The number of hydrogen-bond donors (Lipinski definition) is 0. The van der Waals surface area contributed by atoms with Crippen LogP contribution in [0, 0.1) is 0 Å². The summed E-state index contributed by atoms with van der Waals surface area (Å²) in [6, 6.07) is 0. The van der Waals surface area contributed by atoms with Gasteiger partial charge in [-0.25, -0.2) is 0 Å². The van der Waals surface area contributed by atoms with Crippen LogP contribution in [-0.2, 0) is 9.53 Å². The third kappa shape index (κ3) is 29.2. The fourth-order valence-electron chi connectivity index (χ4n) is 4.36. The van der Waals surface area contributed by atoms with Gasteiger partial charge < -0.3 is 4.74 Å². The molecule has 0 unspecified atom stereocenters. The summed E-state index contributed by atoms with van der Waals surface area (Å²) in [5.74, 6) is 0.0136. The van der Waals surface area contributed by atoms with Crippen LogP contribution in [0.1, 0.15) is 174 Å². The lowest BCUT2D eigenvalue weighted by molar-refractivity contribution is -0.143.